The lowest BCUT2D eigenvalue weighted by atomic mass is 9.92. The average Bonchev–Trinajstić information content (AvgIpc) is 2.34. The molecule has 0 aromatic rings. The first-order valence-corrected chi connectivity index (χ1v) is 7.92. The normalized spacial score (nSPS) is 12.6. The van der Waals surface area contributed by atoms with Crippen LogP contribution in [0.4, 0.5) is 0 Å². The molecule has 0 saturated heterocycles. The minimum Gasteiger partial charge on any atom is -0.481 e. The van der Waals surface area contributed by atoms with Crippen LogP contribution in [0.1, 0.15) is 90.9 Å². The molecule has 0 aromatic heterocycles. The SMILES string of the molecule is CCCCCCCCCC(CCC)CCC(=O)O. The van der Waals surface area contributed by atoms with Crippen molar-refractivity contribution in [1.82, 2.24) is 0 Å². The van der Waals surface area contributed by atoms with E-state index in [9.17, 15) is 4.79 Å². The Bertz CT molecular complexity index is 190. The van der Waals surface area contributed by atoms with Crippen molar-refractivity contribution < 1.29 is 9.90 Å². The van der Waals surface area contributed by atoms with E-state index in [4.69, 9.17) is 5.11 Å². The molecule has 1 N–H and O–H groups in total. The molecule has 0 rings (SSSR count). The molecule has 0 aliphatic carbocycles. The maximum absolute atomic E-state index is 10.6. The lowest BCUT2D eigenvalue weighted by Crippen LogP contribution is -2.04. The Labute approximate surface area is 113 Å². The van der Waals surface area contributed by atoms with Crippen molar-refractivity contribution in [2.45, 2.75) is 90.9 Å². The summed E-state index contributed by atoms with van der Waals surface area (Å²) in [5.74, 6) is -0.00240. The largest absolute Gasteiger partial charge is 0.481 e. The minimum absolute atomic E-state index is 0.348. The van der Waals surface area contributed by atoms with Crippen molar-refractivity contribution in [2.75, 3.05) is 0 Å². The number of carbonyl (C=O) groups is 1. The van der Waals surface area contributed by atoms with Crippen molar-refractivity contribution in [2.24, 2.45) is 5.92 Å². The number of aliphatic carboxylic acids is 1. The molecule has 0 fully saturated rings. The van der Waals surface area contributed by atoms with Crippen LogP contribution in [0.15, 0.2) is 0 Å². The molecular weight excluding hydrogens is 224 g/mol. The van der Waals surface area contributed by atoms with E-state index in [1.54, 1.807) is 0 Å². The Morgan fingerprint density at radius 3 is 2.00 bits per heavy atom. The second-order valence-corrected chi connectivity index (χ2v) is 5.50. The van der Waals surface area contributed by atoms with Gasteiger partial charge in [-0.05, 0) is 12.3 Å². The van der Waals surface area contributed by atoms with Gasteiger partial charge in [0.2, 0.25) is 0 Å². The zero-order chi connectivity index (χ0) is 13.6. The van der Waals surface area contributed by atoms with Crippen LogP contribution in [0, 0.1) is 5.92 Å². The number of hydrogen-bond acceptors (Lipinski definition) is 1. The van der Waals surface area contributed by atoms with Crippen LogP contribution >= 0.6 is 0 Å². The summed E-state index contributed by atoms with van der Waals surface area (Å²) >= 11 is 0. The van der Waals surface area contributed by atoms with Gasteiger partial charge in [0.05, 0.1) is 0 Å². The topological polar surface area (TPSA) is 37.3 Å². The summed E-state index contributed by atoms with van der Waals surface area (Å²) in [4.78, 5) is 10.6. The summed E-state index contributed by atoms with van der Waals surface area (Å²) in [6.07, 6.45) is 14.3. The Morgan fingerprint density at radius 2 is 1.44 bits per heavy atom. The maximum atomic E-state index is 10.6. The number of unbranched alkanes of at least 4 members (excludes halogenated alkanes) is 6. The molecule has 0 spiro atoms. The summed E-state index contributed by atoms with van der Waals surface area (Å²) in [5.41, 5.74) is 0. The Morgan fingerprint density at radius 1 is 0.833 bits per heavy atom. The molecular formula is C16H32O2. The van der Waals surface area contributed by atoms with Gasteiger partial charge in [-0.25, -0.2) is 0 Å². The van der Waals surface area contributed by atoms with E-state index in [0.717, 1.165) is 6.42 Å². The van der Waals surface area contributed by atoms with E-state index in [2.05, 4.69) is 13.8 Å². The van der Waals surface area contributed by atoms with Crippen molar-refractivity contribution in [3.8, 4) is 0 Å². The lowest BCUT2D eigenvalue weighted by molar-refractivity contribution is -0.137. The highest BCUT2D eigenvalue weighted by Gasteiger charge is 2.09. The second-order valence-electron chi connectivity index (χ2n) is 5.50. The molecule has 0 amide bonds. The molecule has 2 nitrogen and oxygen atoms in total. The van der Waals surface area contributed by atoms with Crippen LogP contribution in [-0.2, 0) is 4.79 Å². The molecule has 1 atom stereocenters. The van der Waals surface area contributed by atoms with Gasteiger partial charge in [0, 0.05) is 6.42 Å². The van der Waals surface area contributed by atoms with Gasteiger partial charge in [0.1, 0.15) is 0 Å². The Kier molecular flexibility index (Phi) is 12.5. The van der Waals surface area contributed by atoms with Gasteiger partial charge in [0.25, 0.3) is 0 Å². The third-order valence-corrected chi connectivity index (χ3v) is 3.68. The van der Waals surface area contributed by atoms with E-state index >= 15 is 0 Å². The van der Waals surface area contributed by atoms with E-state index in [-0.39, 0.29) is 0 Å². The van der Waals surface area contributed by atoms with E-state index in [1.807, 2.05) is 0 Å². The first-order valence-electron chi connectivity index (χ1n) is 7.92. The molecule has 0 saturated carbocycles. The molecule has 0 aliphatic heterocycles. The monoisotopic (exact) mass is 256 g/mol. The van der Waals surface area contributed by atoms with Gasteiger partial charge in [0.15, 0.2) is 0 Å². The second kappa shape index (κ2) is 12.9. The summed E-state index contributed by atoms with van der Waals surface area (Å²) in [6, 6.07) is 0. The summed E-state index contributed by atoms with van der Waals surface area (Å²) in [6.45, 7) is 4.44. The fourth-order valence-corrected chi connectivity index (χ4v) is 2.56. The molecule has 18 heavy (non-hydrogen) atoms. The Balaban J connectivity index is 3.48. The first-order chi connectivity index (χ1) is 8.70. The van der Waals surface area contributed by atoms with Gasteiger partial charge >= 0.3 is 5.97 Å². The van der Waals surface area contributed by atoms with Gasteiger partial charge in [-0.1, -0.05) is 78.1 Å². The van der Waals surface area contributed by atoms with Crippen LogP contribution in [0.3, 0.4) is 0 Å². The molecule has 0 radical (unpaired) electrons. The van der Waals surface area contributed by atoms with Crippen molar-refractivity contribution in [3.05, 3.63) is 0 Å². The predicted molar refractivity (Wildman–Crippen MR) is 77.9 cm³/mol. The molecule has 108 valence electrons. The highest BCUT2D eigenvalue weighted by molar-refractivity contribution is 5.66. The molecule has 0 bridgehead atoms. The fourth-order valence-electron chi connectivity index (χ4n) is 2.56. The van der Waals surface area contributed by atoms with Gasteiger partial charge in [-0.2, -0.15) is 0 Å². The highest BCUT2D eigenvalue weighted by atomic mass is 16.4. The van der Waals surface area contributed by atoms with E-state index in [0.29, 0.717) is 12.3 Å². The number of rotatable bonds is 13. The van der Waals surface area contributed by atoms with Crippen LogP contribution < -0.4 is 0 Å². The van der Waals surface area contributed by atoms with Crippen LogP contribution in [-0.4, -0.2) is 11.1 Å². The van der Waals surface area contributed by atoms with E-state index in [1.165, 1.54) is 64.2 Å². The number of hydrogen-bond donors (Lipinski definition) is 1. The third kappa shape index (κ3) is 11.9. The van der Waals surface area contributed by atoms with Gasteiger partial charge < -0.3 is 5.11 Å². The highest BCUT2D eigenvalue weighted by Crippen LogP contribution is 2.21. The minimum atomic E-state index is -0.643. The fraction of sp³-hybridized carbons (Fsp3) is 0.938. The van der Waals surface area contributed by atoms with Crippen molar-refractivity contribution in [3.63, 3.8) is 0 Å². The molecule has 0 heterocycles. The Hall–Kier alpha value is -0.530. The summed E-state index contributed by atoms with van der Waals surface area (Å²) in [5, 5.41) is 8.72. The number of carboxylic acids is 1. The molecule has 0 aromatic carbocycles. The number of carboxylic acid groups (broad SMARTS) is 1. The standard InChI is InChI=1S/C16H32O2/c1-3-5-6-7-8-9-10-12-15(11-4-2)13-14-16(17)18/h15H,3-14H2,1-2H3,(H,17,18). The van der Waals surface area contributed by atoms with Gasteiger partial charge in [-0.15, -0.1) is 0 Å². The molecule has 2 heteroatoms. The quantitative estimate of drug-likeness (QED) is 0.447. The van der Waals surface area contributed by atoms with Crippen LogP contribution in [0.5, 0.6) is 0 Å². The zero-order valence-electron chi connectivity index (χ0n) is 12.4. The predicted octanol–water partition coefficient (Wildman–Crippen LogP) is 5.41. The summed E-state index contributed by atoms with van der Waals surface area (Å²) < 4.78 is 0. The van der Waals surface area contributed by atoms with Crippen molar-refractivity contribution >= 4 is 5.97 Å². The molecule has 1 unspecified atom stereocenters. The van der Waals surface area contributed by atoms with Crippen LogP contribution in [0.2, 0.25) is 0 Å². The van der Waals surface area contributed by atoms with Crippen LogP contribution in [0.25, 0.3) is 0 Å². The zero-order valence-corrected chi connectivity index (χ0v) is 12.4. The maximum Gasteiger partial charge on any atom is 0.303 e. The smallest absolute Gasteiger partial charge is 0.303 e. The third-order valence-electron chi connectivity index (χ3n) is 3.68. The average molecular weight is 256 g/mol. The van der Waals surface area contributed by atoms with Crippen molar-refractivity contribution in [1.29, 1.82) is 0 Å². The molecule has 0 aliphatic rings. The lowest BCUT2D eigenvalue weighted by Gasteiger charge is -2.14. The first kappa shape index (κ1) is 17.5. The summed E-state index contributed by atoms with van der Waals surface area (Å²) in [7, 11) is 0. The van der Waals surface area contributed by atoms with E-state index < -0.39 is 5.97 Å². The van der Waals surface area contributed by atoms with Gasteiger partial charge in [-0.3, -0.25) is 4.79 Å².